The molecule has 2 amide bonds. The Bertz CT molecular complexity index is 387. The highest BCUT2D eigenvalue weighted by atomic mass is 16.4. The van der Waals surface area contributed by atoms with Crippen molar-refractivity contribution in [1.29, 1.82) is 0 Å². The number of amides is 2. The van der Waals surface area contributed by atoms with Crippen LogP contribution in [0, 0.1) is 0 Å². The van der Waals surface area contributed by atoms with E-state index in [4.69, 9.17) is 16.6 Å². The third-order valence-electron chi connectivity index (χ3n) is 3.04. The molecule has 0 rings (SSSR count). The molecule has 0 aromatic carbocycles. The SMILES string of the molecule is CC(N)C(=O)NC(CCCCN)C(=O)NC(C(=O)O)C(C)O. The minimum Gasteiger partial charge on any atom is -0.480 e. The van der Waals surface area contributed by atoms with Crippen molar-refractivity contribution in [2.24, 2.45) is 11.5 Å². The Hall–Kier alpha value is -1.71. The third-order valence-corrected chi connectivity index (χ3v) is 3.04. The summed E-state index contributed by atoms with van der Waals surface area (Å²) in [6.07, 6.45) is 0.278. The molecular formula is C13H26N4O5. The zero-order valence-electron chi connectivity index (χ0n) is 12.9. The van der Waals surface area contributed by atoms with Crippen molar-refractivity contribution in [3.8, 4) is 0 Å². The number of carbonyl (C=O) groups is 3. The molecule has 0 aliphatic carbocycles. The van der Waals surface area contributed by atoms with Crippen LogP contribution in [0.15, 0.2) is 0 Å². The number of unbranched alkanes of at least 4 members (excludes halogenated alkanes) is 1. The van der Waals surface area contributed by atoms with Crippen LogP contribution in [0.3, 0.4) is 0 Å². The number of nitrogens with two attached hydrogens (primary N) is 2. The van der Waals surface area contributed by atoms with E-state index in [1.54, 1.807) is 0 Å². The maximum absolute atomic E-state index is 12.1. The van der Waals surface area contributed by atoms with E-state index in [0.717, 1.165) is 0 Å². The smallest absolute Gasteiger partial charge is 0.328 e. The highest BCUT2D eigenvalue weighted by Crippen LogP contribution is 2.03. The molecule has 0 aliphatic heterocycles. The summed E-state index contributed by atoms with van der Waals surface area (Å²) in [6.45, 7) is 3.17. The quantitative estimate of drug-likeness (QED) is 0.251. The van der Waals surface area contributed by atoms with Gasteiger partial charge in [0.1, 0.15) is 6.04 Å². The largest absolute Gasteiger partial charge is 0.480 e. The van der Waals surface area contributed by atoms with E-state index in [1.807, 2.05) is 0 Å². The average molecular weight is 318 g/mol. The number of rotatable bonds is 10. The molecule has 0 saturated carbocycles. The van der Waals surface area contributed by atoms with Crippen molar-refractivity contribution >= 4 is 17.8 Å². The van der Waals surface area contributed by atoms with E-state index < -0.39 is 42.0 Å². The third kappa shape index (κ3) is 7.34. The average Bonchev–Trinajstić information content (AvgIpc) is 2.42. The molecule has 4 unspecified atom stereocenters. The van der Waals surface area contributed by atoms with E-state index in [1.165, 1.54) is 13.8 Å². The lowest BCUT2D eigenvalue weighted by Crippen LogP contribution is -2.56. The Morgan fingerprint density at radius 3 is 2.09 bits per heavy atom. The van der Waals surface area contributed by atoms with Gasteiger partial charge in [-0.05, 0) is 39.7 Å². The Labute approximate surface area is 129 Å². The second-order valence-corrected chi connectivity index (χ2v) is 5.20. The molecule has 0 fully saturated rings. The monoisotopic (exact) mass is 318 g/mol. The van der Waals surface area contributed by atoms with Crippen LogP contribution in [-0.4, -0.2) is 58.8 Å². The first-order valence-corrected chi connectivity index (χ1v) is 7.18. The Kier molecular flexibility index (Phi) is 9.31. The summed E-state index contributed by atoms with van der Waals surface area (Å²) < 4.78 is 0. The first-order chi connectivity index (χ1) is 10.2. The molecule has 128 valence electrons. The van der Waals surface area contributed by atoms with Gasteiger partial charge in [0, 0.05) is 0 Å². The highest BCUT2D eigenvalue weighted by molar-refractivity contribution is 5.91. The van der Waals surface area contributed by atoms with Crippen molar-refractivity contribution in [3.63, 3.8) is 0 Å². The van der Waals surface area contributed by atoms with Gasteiger partial charge < -0.3 is 32.3 Å². The van der Waals surface area contributed by atoms with Crippen LogP contribution in [0.25, 0.3) is 0 Å². The fourth-order valence-electron chi connectivity index (χ4n) is 1.71. The van der Waals surface area contributed by atoms with Gasteiger partial charge in [0.05, 0.1) is 12.1 Å². The molecule has 0 radical (unpaired) electrons. The van der Waals surface area contributed by atoms with Gasteiger partial charge in [0.15, 0.2) is 6.04 Å². The first kappa shape index (κ1) is 20.3. The molecule has 0 bridgehead atoms. The van der Waals surface area contributed by atoms with Crippen LogP contribution in [0.5, 0.6) is 0 Å². The molecule has 0 saturated heterocycles. The first-order valence-electron chi connectivity index (χ1n) is 7.18. The van der Waals surface area contributed by atoms with Crippen LogP contribution >= 0.6 is 0 Å². The minimum atomic E-state index is -1.45. The van der Waals surface area contributed by atoms with Crippen LogP contribution in [0.4, 0.5) is 0 Å². The maximum atomic E-state index is 12.1. The molecule has 0 aromatic heterocycles. The van der Waals surface area contributed by atoms with Crippen molar-refractivity contribution in [3.05, 3.63) is 0 Å². The summed E-state index contributed by atoms with van der Waals surface area (Å²) in [6, 6.07) is -3.17. The summed E-state index contributed by atoms with van der Waals surface area (Å²) in [4.78, 5) is 34.8. The van der Waals surface area contributed by atoms with Gasteiger partial charge in [-0.1, -0.05) is 0 Å². The number of hydrogen-bond donors (Lipinski definition) is 6. The van der Waals surface area contributed by atoms with Crippen LogP contribution in [-0.2, 0) is 14.4 Å². The molecule has 9 heteroatoms. The predicted molar refractivity (Wildman–Crippen MR) is 79.7 cm³/mol. The second kappa shape index (κ2) is 10.1. The van der Waals surface area contributed by atoms with Crippen LogP contribution in [0.1, 0.15) is 33.1 Å². The molecule has 0 aromatic rings. The van der Waals surface area contributed by atoms with Crippen molar-refractivity contribution in [2.45, 2.75) is 57.3 Å². The number of carbonyl (C=O) groups excluding carboxylic acids is 2. The number of carboxylic acid groups (broad SMARTS) is 1. The maximum Gasteiger partial charge on any atom is 0.328 e. The number of hydrogen-bond acceptors (Lipinski definition) is 6. The molecule has 0 aliphatic rings. The molecule has 0 spiro atoms. The van der Waals surface area contributed by atoms with E-state index in [2.05, 4.69) is 10.6 Å². The lowest BCUT2D eigenvalue weighted by molar-refractivity contribution is -0.145. The van der Waals surface area contributed by atoms with E-state index in [-0.39, 0.29) is 0 Å². The summed E-state index contributed by atoms with van der Waals surface area (Å²) in [5.41, 5.74) is 10.8. The molecule has 22 heavy (non-hydrogen) atoms. The predicted octanol–water partition coefficient (Wildman–Crippen LogP) is -2.10. The van der Waals surface area contributed by atoms with E-state index in [9.17, 15) is 19.5 Å². The van der Waals surface area contributed by atoms with Gasteiger partial charge in [-0.25, -0.2) is 4.79 Å². The second-order valence-electron chi connectivity index (χ2n) is 5.20. The van der Waals surface area contributed by atoms with Crippen LogP contribution in [0.2, 0.25) is 0 Å². The van der Waals surface area contributed by atoms with Gasteiger partial charge >= 0.3 is 5.97 Å². The Morgan fingerprint density at radius 2 is 1.68 bits per heavy atom. The van der Waals surface area contributed by atoms with Crippen LogP contribution < -0.4 is 22.1 Å². The van der Waals surface area contributed by atoms with Gasteiger partial charge in [-0.3, -0.25) is 9.59 Å². The fourth-order valence-corrected chi connectivity index (χ4v) is 1.71. The molecule has 8 N–H and O–H groups in total. The standard InChI is InChI=1S/C13H26N4O5/c1-7(15)11(19)16-9(5-3-4-6-14)12(20)17-10(8(2)18)13(21)22/h7-10,18H,3-6,14-15H2,1-2H3,(H,16,19)(H,17,20)(H,21,22). The molecule has 4 atom stereocenters. The van der Waals surface area contributed by atoms with Crippen molar-refractivity contribution in [1.82, 2.24) is 10.6 Å². The van der Waals surface area contributed by atoms with E-state index in [0.29, 0.717) is 25.8 Å². The van der Waals surface area contributed by atoms with Gasteiger partial charge in [-0.15, -0.1) is 0 Å². The lowest BCUT2D eigenvalue weighted by Gasteiger charge is -2.23. The summed E-state index contributed by atoms with van der Waals surface area (Å²) >= 11 is 0. The Morgan fingerprint density at radius 1 is 1.09 bits per heavy atom. The minimum absolute atomic E-state index is 0.299. The topological polar surface area (TPSA) is 168 Å². The fraction of sp³-hybridized carbons (Fsp3) is 0.769. The lowest BCUT2D eigenvalue weighted by atomic mass is 10.1. The van der Waals surface area contributed by atoms with Gasteiger partial charge in [-0.2, -0.15) is 0 Å². The number of aliphatic hydroxyl groups excluding tert-OH is 1. The summed E-state index contributed by atoms with van der Waals surface area (Å²) in [5, 5.41) is 23.0. The molecule has 0 heterocycles. The number of aliphatic carboxylic acids is 1. The van der Waals surface area contributed by atoms with Crippen molar-refractivity contribution in [2.75, 3.05) is 6.54 Å². The zero-order valence-corrected chi connectivity index (χ0v) is 12.9. The number of aliphatic hydroxyl groups is 1. The molecule has 9 nitrogen and oxygen atoms in total. The zero-order chi connectivity index (χ0) is 17.3. The van der Waals surface area contributed by atoms with Gasteiger partial charge in [0.2, 0.25) is 11.8 Å². The van der Waals surface area contributed by atoms with Crippen molar-refractivity contribution < 1.29 is 24.6 Å². The summed E-state index contributed by atoms with van der Waals surface area (Å²) in [7, 11) is 0. The normalized spacial score (nSPS) is 16.2. The Balaban J connectivity index is 4.85. The van der Waals surface area contributed by atoms with Gasteiger partial charge in [0.25, 0.3) is 0 Å². The number of carboxylic acids is 1. The highest BCUT2D eigenvalue weighted by Gasteiger charge is 2.29. The molecular weight excluding hydrogens is 292 g/mol. The van der Waals surface area contributed by atoms with E-state index >= 15 is 0 Å². The number of nitrogens with one attached hydrogen (secondary N) is 2. The summed E-state index contributed by atoms with van der Waals surface area (Å²) in [5.74, 6) is -2.56.